The average Bonchev–Trinajstić information content (AvgIpc) is 3.20. The van der Waals surface area contributed by atoms with Gasteiger partial charge in [-0.1, -0.05) is 36.3 Å². The van der Waals surface area contributed by atoms with Gasteiger partial charge in [0.25, 0.3) is 11.8 Å². The van der Waals surface area contributed by atoms with Gasteiger partial charge in [0.2, 0.25) is 0 Å². The third kappa shape index (κ3) is 4.72. The van der Waals surface area contributed by atoms with Gasteiger partial charge in [-0.25, -0.2) is 4.98 Å². The van der Waals surface area contributed by atoms with Gasteiger partial charge >= 0.3 is 0 Å². The Balaban J connectivity index is 1.50. The molecule has 4 aromatic rings. The topological polar surface area (TPSA) is 71.1 Å². The zero-order valence-electron chi connectivity index (χ0n) is 17.3. The highest BCUT2D eigenvalue weighted by Crippen LogP contribution is 2.21. The summed E-state index contributed by atoms with van der Waals surface area (Å²) in [7, 11) is 0. The van der Waals surface area contributed by atoms with Gasteiger partial charge in [-0.3, -0.25) is 20.4 Å². The summed E-state index contributed by atoms with van der Waals surface area (Å²) in [5, 5.41) is 0.719. The maximum absolute atomic E-state index is 12.6. The molecule has 0 saturated heterocycles. The fraction of sp³-hybridized carbons (Fsp3) is 0.0800. The maximum atomic E-state index is 12.6. The Bertz CT molecular complexity index is 1360. The first-order valence-electron chi connectivity index (χ1n) is 9.76. The molecular formula is C25H18BrN3O2S. The highest BCUT2D eigenvalue weighted by molar-refractivity contribution is 9.10. The molecule has 0 aliphatic heterocycles. The molecule has 5 nitrogen and oxygen atoms in total. The van der Waals surface area contributed by atoms with Gasteiger partial charge in [-0.2, -0.15) is 0 Å². The molecule has 1 heterocycles. The van der Waals surface area contributed by atoms with E-state index in [1.807, 2.05) is 56.3 Å². The van der Waals surface area contributed by atoms with E-state index in [1.165, 1.54) is 11.3 Å². The number of benzene rings is 3. The van der Waals surface area contributed by atoms with Gasteiger partial charge < -0.3 is 0 Å². The number of hydrogen-bond donors (Lipinski definition) is 2. The van der Waals surface area contributed by atoms with Crippen LogP contribution in [0.1, 0.15) is 42.4 Å². The quantitative estimate of drug-likeness (QED) is 0.293. The molecule has 0 unspecified atom stereocenters. The Morgan fingerprint density at radius 2 is 1.69 bits per heavy atom. The molecule has 2 N–H and O–H groups in total. The largest absolute Gasteiger partial charge is 0.271 e. The van der Waals surface area contributed by atoms with Crippen molar-refractivity contribution in [1.29, 1.82) is 0 Å². The number of hydrazine groups is 1. The minimum atomic E-state index is -0.425. The summed E-state index contributed by atoms with van der Waals surface area (Å²) in [6.07, 6.45) is 0. The average molecular weight is 504 g/mol. The van der Waals surface area contributed by atoms with Crippen LogP contribution in [0.25, 0.3) is 10.2 Å². The maximum Gasteiger partial charge on any atom is 0.271 e. The van der Waals surface area contributed by atoms with Crippen LogP contribution in [0.4, 0.5) is 0 Å². The van der Waals surface area contributed by atoms with Crippen LogP contribution in [-0.2, 0) is 0 Å². The molecule has 0 radical (unpaired) electrons. The summed E-state index contributed by atoms with van der Waals surface area (Å²) in [4.78, 5) is 29.6. The SMILES string of the molecule is Cc1ccc(C(=O)NNC(=O)c2c(C)cccc2Br)cc1C#Cc1nc2ccccc2s1. The minimum Gasteiger partial charge on any atom is -0.267 e. The number of fused-ring (bicyclic) bond motifs is 1. The fourth-order valence-corrected chi connectivity index (χ4v) is 4.58. The van der Waals surface area contributed by atoms with Crippen LogP contribution in [0, 0.1) is 25.7 Å². The Morgan fingerprint density at radius 3 is 2.47 bits per heavy atom. The van der Waals surface area contributed by atoms with Crippen molar-refractivity contribution in [2.24, 2.45) is 0 Å². The summed E-state index contributed by atoms with van der Waals surface area (Å²) >= 11 is 4.90. The van der Waals surface area contributed by atoms with Crippen LogP contribution in [0.3, 0.4) is 0 Å². The number of rotatable bonds is 2. The molecule has 0 fully saturated rings. The molecule has 3 aromatic carbocycles. The molecule has 2 amide bonds. The smallest absolute Gasteiger partial charge is 0.267 e. The number of para-hydroxylation sites is 1. The van der Waals surface area contributed by atoms with Crippen LogP contribution < -0.4 is 10.9 Å². The van der Waals surface area contributed by atoms with Crippen molar-refractivity contribution in [3.8, 4) is 11.8 Å². The number of carbonyl (C=O) groups excluding carboxylic acids is 2. The monoisotopic (exact) mass is 503 g/mol. The van der Waals surface area contributed by atoms with Crippen molar-refractivity contribution in [1.82, 2.24) is 15.8 Å². The molecule has 7 heteroatoms. The van der Waals surface area contributed by atoms with Crippen LogP contribution in [0.5, 0.6) is 0 Å². The molecule has 0 saturated carbocycles. The molecular weight excluding hydrogens is 486 g/mol. The number of halogens is 1. The van der Waals surface area contributed by atoms with Crippen LogP contribution >= 0.6 is 27.3 Å². The van der Waals surface area contributed by atoms with Crippen molar-refractivity contribution in [3.05, 3.63) is 98.0 Å². The predicted molar refractivity (Wildman–Crippen MR) is 131 cm³/mol. The molecule has 32 heavy (non-hydrogen) atoms. The summed E-state index contributed by atoms with van der Waals surface area (Å²) in [6, 6.07) is 18.6. The van der Waals surface area contributed by atoms with Crippen LogP contribution in [-0.4, -0.2) is 16.8 Å². The summed E-state index contributed by atoms with van der Waals surface area (Å²) in [5.41, 5.74) is 9.21. The van der Waals surface area contributed by atoms with E-state index in [4.69, 9.17) is 0 Å². The number of amides is 2. The van der Waals surface area contributed by atoms with E-state index < -0.39 is 11.8 Å². The number of nitrogens with zero attached hydrogens (tertiary/aromatic N) is 1. The van der Waals surface area contributed by atoms with E-state index in [9.17, 15) is 9.59 Å². The first kappa shape index (κ1) is 21.8. The Morgan fingerprint density at radius 1 is 0.906 bits per heavy atom. The highest BCUT2D eigenvalue weighted by Gasteiger charge is 2.14. The second-order valence-electron chi connectivity index (χ2n) is 7.11. The second-order valence-corrected chi connectivity index (χ2v) is 8.99. The lowest BCUT2D eigenvalue weighted by Crippen LogP contribution is -2.42. The summed E-state index contributed by atoms with van der Waals surface area (Å²) < 4.78 is 1.74. The van der Waals surface area contributed by atoms with Gasteiger partial charge in [0.1, 0.15) is 0 Å². The van der Waals surface area contributed by atoms with E-state index in [-0.39, 0.29) is 0 Å². The number of thiazole rings is 1. The number of nitrogens with one attached hydrogen (secondary N) is 2. The third-order valence-corrected chi connectivity index (χ3v) is 6.45. The second kappa shape index (κ2) is 9.35. The van der Waals surface area contributed by atoms with Crippen LogP contribution in [0.15, 0.2) is 65.1 Å². The molecule has 0 spiro atoms. The molecule has 0 aliphatic carbocycles. The minimum absolute atomic E-state index is 0.397. The number of aryl methyl sites for hydroxylation is 2. The highest BCUT2D eigenvalue weighted by atomic mass is 79.9. The Kier molecular flexibility index (Phi) is 6.35. The normalized spacial score (nSPS) is 10.3. The Labute approximate surface area is 198 Å². The van der Waals surface area contributed by atoms with Crippen molar-refractivity contribution < 1.29 is 9.59 Å². The fourth-order valence-electron chi connectivity index (χ4n) is 3.11. The van der Waals surface area contributed by atoms with Gasteiger partial charge in [0, 0.05) is 15.6 Å². The first-order chi connectivity index (χ1) is 15.4. The van der Waals surface area contributed by atoms with Crippen molar-refractivity contribution >= 4 is 49.3 Å². The van der Waals surface area contributed by atoms with Crippen LogP contribution in [0.2, 0.25) is 0 Å². The molecule has 0 aliphatic rings. The third-order valence-electron chi connectivity index (χ3n) is 4.84. The van der Waals surface area contributed by atoms with Crippen molar-refractivity contribution in [2.45, 2.75) is 13.8 Å². The van der Waals surface area contributed by atoms with E-state index >= 15 is 0 Å². The first-order valence-corrected chi connectivity index (χ1v) is 11.4. The van der Waals surface area contributed by atoms with Crippen molar-refractivity contribution in [3.63, 3.8) is 0 Å². The molecule has 0 bridgehead atoms. The standard InChI is InChI=1S/C25H18BrN3O2S/c1-15-10-11-18(24(30)28-29-25(31)23-16(2)6-5-7-19(23)26)14-17(15)12-13-22-27-20-8-3-4-9-21(20)32-22/h3-11,14H,1-2H3,(H,28,30)(H,29,31). The van der Waals surface area contributed by atoms with E-state index in [2.05, 4.69) is 43.6 Å². The molecule has 4 rings (SSSR count). The van der Waals surface area contributed by atoms with E-state index in [0.717, 1.165) is 31.9 Å². The van der Waals surface area contributed by atoms with Crippen molar-refractivity contribution in [2.75, 3.05) is 0 Å². The van der Waals surface area contributed by atoms with Gasteiger partial charge in [0.05, 0.1) is 15.8 Å². The molecule has 158 valence electrons. The number of hydrogen-bond acceptors (Lipinski definition) is 4. The molecule has 0 atom stereocenters. The zero-order chi connectivity index (χ0) is 22.7. The van der Waals surface area contributed by atoms with E-state index in [1.54, 1.807) is 18.2 Å². The number of carbonyl (C=O) groups is 2. The lowest BCUT2D eigenvalue weighted by atomic mass is 10.0. The summed E-state index contributed by atoms with van der Waals surface area (Å²) in [5.74, 6) is 5.39. The Hall–Kier alpha value is -3.47. The summed E-state index contributed by atoms with van der Waals surface area (Å²) in [6.45, 7) is 3.76. The van der Waals surface area contributed by atoms with Gasteiger partial charge in [-0.15, -0.1) is 11.3 Å². The molecule has 1 aromatic heterocycles. The van der Waals surface area contributed by atoms with E-state index in [0.29, 0.717) is 15.6 Å². The predicted octanol–water partition coefficient (Wildman–Crippen LogP) is 5.15. The van der Waals surface area contributed by atoms with Gasteiger partial charge in [-0.05, 0) is 77.2 Å². The lowest BCUT2D eigenvalue weighted by Gasteiger charge is -2.11. The number of aromatic nitrogens is 1. The lowest BCUT2D eigenvalue weighted by molar-refractivity contribution is 0.0846. The van der Waals surface area contributed by atoms with Gasteiger partial charge in [0.15, 0.2) is 5.01 Å². The zero-order valence-corrected chi connectivity index (χ0v) is 19.7.